The summed E-state index contributed by atoms with van der Waals surface area (Å²) in [6, 6.07) is 10.9. The second-order valence-corrected chi connectivity index (χ2v) is 8.16. The lowest BCUT2D eigenvalue weighted by Gasteiger charge is -2.12. The molecule has 1 fully saturated rings. The van der Waals surface area contributed by atoms with E-state index in [-0.39, 0.29) is 34.1 Å². The standard InChI is InChI=1S/C18H19NO6S/c1-12(17(20)19-13-7-8-13)24-18(21)16-10-9-14(25-16)11-26(22,23)15-5-3-2-4-6-15/h2-6,9-10,12-13H,7-8,11H2,1H3,(H,19,20)/t12-/m1/s1. The molecule has 1 aromatic heterocycles. The van der Waals surface area contributed by atoms with Gasteiger partial charge >= 0.3 is 5.97 Å². The lowest BCUT2D eigenvalue weighted by atomic mass is 10.3. The molecule has 1 atom stereocenters. The highest BCUT2D eigenvalue weighted by molar-refractivity contribution is 7.90. The van der Waals surface area contributed by atoms with Gasteiger partial charge < -0.3 is 14.5 Å². The Morgan fingerprint density at radius 3 is 2.54 bits per heavy atom. The minimum absolute atomic E-state index is 0.121. The first-order valence-corrected chi connectivity index (χ1v) is 9.88. The van der Waals surface area contributed by atoms with Crippen molar-refractivity contribution >= 4 is 21.7 Å². The van der Waals surface area contributed by atoms with E-state index in [0.717, 1.165) is 12.8 Å². The molecule has 0 aliphatic heterocycles. The molecular weight excluding hydrogens is 358 g/mol. The molecule has 1 amide bonds. The van der Waals surface area contributed by atoms with Crippen LogP contribution in [0.4, 0.5) is 0 Å². The second-order valence-electron chi connectivity index (χ2n) is 6.17. The fourth-order valence-electron chi connectivity index (χ4n) is 2.28. The number of nitrogens with one attached hydrogen (secondary N) is 1. The Morgan fingerprint density at radius 2 is 1.88 bits per heavy atom. The van der Waals surface area contributed by atoms with Gasteiger partial charge in [0.25, 0.3) is 5.91 Å². The predicted octanol–water partition coefficient (Wildman–Crippen LogP) is 2.08. The quantitative estimate of drug-likeness (QED) is 0.741. The van der Waals surface area contributed by atoms with E-state index < -0.39 is 21.9 Å². The van der Waals surface area contributed by atoms with Gasteiger partial charge in [-0.25, -0.2) is 13.2 Å². The average molecular weight is 377 g/mol. The Hall–Kier alpha value is -2.61. The van der Waals surface area contributed by atoms with Crippen molar-refractivity contribution in [2.45, 2.75) is 42.6 Å². The summed E-state index contributed by atoms with van der Waals surface area (Å²) in [5, 5.41) is 2.74. The fraction of sp³-hybridized carbons (Fsp3) is 0.333. The predicted molar refractivity (Wildman–Crippen MR) is 92.1 cm³/mol. The smallest absolute Gasteiger partial charge is 0.375 e. The number of furan rings is 1. The molecule has 26 heavy (non-hydrogen) atoms. The van der Waals surface area contributed by atoms with Crippen molar-refractivity contribution in [3.63, 3.8) is 0 Å². The van der Waals surface area contributed by atoms with Gasteiger partial charge in [-0.3, -0.25) is 4.79 Å². The molecule has 7 nitrogen and oxygen atoms in total. The van der Waals surface area contributed by atoms with Gasteiger partial charge in [-0.05, 0) is 44.0 Å². The van der Waals surface area contributed by atoms with E-state index in [4.69, 9.17) is 9.15 Å². The van der Waals surface area contributed by atoms with Crippen LogP contribution in [0, 0.1) is 0 Å². The molecule has 0 unspecified atom stereocenters. The summed E-state index contributed by atoms with van der Waals surface area (Å²) in [7, 11) is -3.58. The van der Waals surface area contributed by atoms with Crippen LogP contribution < -0.4 is 5.32 Å². The number of ether oxygens (including phenoxy) is 1. The van der Waals surface area contributed by atoms with Crippen LogP contribution in [0.1, 0.15) is 36.1 Å². The first-order valence-electron chi connectivity index (χ1n) is 8.23. The summed E-state index contributed by atoms with van der Waals surface area (Å²) in [6.07, 6.45) is 0.915. The first kappa shape index (κ1) is 18.2. The van der Waals surface area contributed by atoms with Gasteiger partial charge in [-0.1, -0.05) is 18.2 Å². The molecule has 8 heteroatoms. The summed E-state index contributed by atoms with van der Waals surface area (Å²) in [6.45, 7) is 1.47. The molecule has 1 saturated carbocycles. The first-order chi connectivity index (χ1) is 12.3. The van der Waals surface area contributed by atoms with Crippen molar-refractivity contribution in [3.8, 4) is 0 Å². The summed E-state index contributed by atoms with van der Waals surface area (Å²) in [5.74, 6) is -1.57. The number of carbonyl (C=O) groups excluding carboxylic acids is 2. The van der Waals surface area contributed by atoms with Crippen molar-refractivity contribution in [2.75, 3.05) is 0 Å². The topological polar surface area (TPSA) is 103 Å². The van der Waals surface area contributed by atoms with Gasteiger partial charge in [0.15, 0.2) is 15.9 Å². The second kappa shape index (κ2) is 7.33. The summed E-state index contributed by atoms with van der Waals surface area (Å²) in [4.78, 5) is 24.0. The van der Waals surface area contributed by atoms with E-state index in [1.807, 2.05) is 0 Å². The van der Waals surface area contributed by atoms with Crippen LogP contribution in [0.25, 0.3) is 0 Å². The van der Waals surface area contributed by atoms with E-state index in [1.54, 1.807) is 18.2 Å². The van der Waals surface area contributed by atoms with Crippen LogP contribution in [0.3, 0.4) is 0 Å². The average Bonchev–Trinajstić information content (AvgIpc) is 3.30. The third kappa shape index (κ3) is 4.51. The van der Waals surface area contributed by atoms with Crippen LogP contribution in [0.5, 0.6) is 0 Å². The number of benzene rings is 1. The Morgan fingerprint density at radius 1 is 1.19 bits per heavy atom. The molecule has 1 aromatic carbocycles. The maximum absolute atomic E-state index is 12.3. The molecule has 0 bridgehead atoms. The minimum Gasteiger partial charge on any atom is -0.453 e. The van der Waals surface area contributed by atoms with Crippen LogP contribution in [-0.2, 0) is 25.1 Å². The highest BCUT2D eigenvalue weighted by Crippen LogP contribution is 2.20. The van der Waals surface area contributed by atoms with Gasteiger partial charge in [-0.2, -0.15) is 0 Å². The van der Waals surface area contributed by atoms with Crippen molar-refractivity contribution in [1.82, 2.24) is 5.32 Å². The van der Waals surface area contributed by atoms with Gasteiger partial charge in [0.2, 0.25) is 5.76 Å². The number of amides is 1. The fourth-order valence-corrected chi connectivity index (χ4v) is 3.55. The zero-order chi connectivity index (χ0) is 18.7. The van der Waals surface area contributed by atoms with Gasteiger partial charge in [0.05, 0.1) is 4.90 Å². The van der Waals surface area contributed by atoms with E-state index in [9.17, 15) is 18.0 Å². The molecule has 138 valence electrons. The van der Waals surface area contributed by atoms with E-state index in [0.29, 0.717) is 0 Å². The van der Waals surface area contributed by atoms with Gasteiger partial charge in [0, 0.05) is 6.04 Å². The molecule has 0 saturated heterocycles. The lowest BCUT2D eigenvalue weighted by Crippen LogP contribution is -2.37. The largest absolute Gasteiger partial charge is 0.453 e. The van der Waals surface area contributed by atoms with Crippen molar-refractivity contribution in [2.24, 2.45) is 0 Å². The van der Waals surface area contributed by atoms with E-state index in [1.165, 1.54) is 31.2 Å². The minimum atomic E-state index is -3.58. The van der Waals surface area contributed by atoms with Gasteiger partial charge in [-0.15, -0.1) is 0 Å². The molecule has 1 aliphatic carbocycles. The molecule has 1 heterocycles. The number of hydrogen-bond acceptors (Lipinski definition) is 6. The number of esters is 1. The number of hydrogen-bond donors (Lipinski definition) is 1. The Labute approximate surface area is 151 Å². The number of sulfone groups is 1. The summed E-state index contributed by atoms with van der Waals surface area (Å²) >= 11 is 0. The zero-order valence-corrected chi connectivity index (χ0v) is 15.0. The Balaban J connectivity index is 1.61. The summed E-state index contributed by atoms with van der Waals surface area (Å²) in [5.41, 5.74) is 0. The number of rotatable bonds is 7. The molecule has 0 spiro atoms. The SMILES string of the molecule is C[C@@H](OC(=O)c1ccc(CS(=O)(=O)c2ccccc2)o1)C(=O)NC1CC1. The van der Waals surface area contributed by atoms with E-state index in [2.05, 4.69) is 5.32 Å². The normalized spacial score (nSPS) is 15.3. The highest BCUT2D eigenvalue weighted by atomic mass is 32.2. The third-order valence-corrected chi connectivity index (χ3v) is 5.53. The molecule has 1 aliphatic rings. The van der Waals surface area contributed by atoms with Crippen LogP contribution in [-0.4, -0.2) is 32.4 Å². The zero-order valence-electron chi connectivity index (χ0n) is 14.2. The van der Waals surface area contributed by atoms with Crippen LogP contribution in [0.2, 0.25) is 0 Å². The van der Waals surface area contributed by atoms with Crippen molar-refractivity contribution in [1.29, 1.82) is 0 Å². The molecule has 2 aromatic rings. The maximum Gasteiger partial charge on any atom is 0.375 e. The third-order valence-electron chi connectivity index (χ3n) is 3.87. The molecular formula is C18H19NO6S. The highest BCUT2D eigenvalue weighted by Gasteiger charge is 2.28. The maximum atomic E-state index is 12.3. The Kier molecular flexibility index (Phi) is 5.13. The van der Waals surface area contributed by atoms with Gasteiger partial charge in [0.1, 0.15) is 11.5 Å². The van der Waals surface area contributed by atoms with E-state index >= 15 is 0 Å². The molecule has 1 N–H and O–H groups in total. The summed E-state index contributed by atoms with van der Waals surface area (Å²) < 4.78 is 35.0. The molecule has 0 radical (unpaired) electrons. The lowest BCUT2D eigenvalue weighted by molar-refractivity contribution is -0.129. The van der Waals surface area contributed by atoms with Crippen molar-refractivity contribution < 1.29 is 27.2 Å². The van der Waals surface area contributed by atoms with Crippen molar-refractivity contribution in [3.05, 3.63) is 54.0 Å². The number of carbonyl (C=O) groups is 2. The molecule has 3 rings (SSSR count). The van der Waals surface area contributed by atoms with Crippen LogP contribution in [0.15, 0.2) is 51.8 Å². The monoisotopic (exact) mass is 377 g/mol. The Bertz CT molecular complexity index is 899. The van der Waals surface area contributed by atoms with Crippen LogP contribution >= 0.6 is 0 Å².